The monoisotopic (exact) mass is 362 g/mol. The molecule has 4 rings (SSSR count). The Balaban J connectivity index is 1.79. The highest BCUT2D eigenvalue weighted by Crippen LogP contribution is 2.31. The second kappa shape index (κ2) is 7.32. The molecule has 1 amide bonds. The number of carbonyl (C=O) groups excluding carboxylic acids is 1. The van der Waals surface area contributed by atoms with Crippen molar-refractivity contribution in [1.82, 2.24) is 9.97 Å². The van der Waals surface area contributed by atoms with Gasteiger partial charge in [0.2, 0.25) is 0 Å². The number of anilines is 2. The van der Waals surface area contributed by atoms with Crippen molar-refractivity contribution in [1.29, 1.82) is 0 Å². The van der Waals surface area contributed by atoms with Gasteiger partial charge in [0.05, 0.1) is 17.6 Å². The SMILES string of the molecule is COCc1cccc(C(=O)N2CCCN(C)c3nc4ccccc4nc32)c1. The molecule has 0 saturated carbocycles. The highest BCUT2D eigenvalue weighted by atomic mass is 16.5. The molecule has 27 heavy (non-hydrogen) atoms. The van der Waals surface area contributed by atoms with Crippen LogP contribution in [0.4, 0.5) is 11.6 Å². The summed E-state index contributed by atoms with van der Waals surface area (Å²) in [5, 5.41) is 0. The van der Waals surface area contributed by atoms with Crippen molar-refractivity contribution in [3.8, 4) is 0 Å². The van der Waals surface area contributed by atoms with E-state index in [0.29, 0.717) is 24.5 Å². The third-order valence-electron chi connectivity index (χ3n) is 4.76. The van der Waals surface area contributed by atoms with E-state index in [0.717, 1.165) is 35.4 Å². The third kappa shape index (κ3) is 3.36. The highest BCUT2D eigenvalue weighted by molar-refractivity contribution is 6.07. The number of hydrogen-bond donors (Lipinski definition) is 0. The van der Waals surface area contributed by atoms with E-state index >= 15 is 0 Å². The maximum absolute atomic E-state index is 13.3. The van der Waals surface area contributed by atoms with E-state index in [1.165, 1.54) is 0 Å². The molecule has 1 aliphatic heterocycles. The summed E-state index contributed by atoms with van der Waals surface area (Å²) in [5.41, 5.74) is 3.23. The topological polar surface area (TPSA) is 58.6 Å². The van der Waals surface area contributed by atoms with E-state index in [9.17, 15) is 4.79 Å². The maximum atomic E-state index is 13.3. The molecular formula is C21H22N4O2. The molecule has 2 aromatic carbocycles. The van der Waals surface area contributed by atoms with Crippen LogP contribution in [0.2, 0.25) is 0 Å². The molecule has 6 nitrogen and oxygen atoms in total. The Morgan fingerprint density at radius 2 is 1.78 bits per heavy atom. The number of nitrogens with zero attached hydrogens (tertiary/aromatic N) is 4. The van der Waals surface area contributed by atoms with Crippen molar-refractivity contribution in [2.75, 3.05) is 37.0 Å². The molecule has 0 aliphatic carbocycles. The first-order valence-corrected chi connectivity index (χ1v) is 9.05. The molecule has 1 aliphatic rings. The average molecular weight is 362 g/mol. The van der Waals surface area contributed by atoms with Gasteiger partial charge in [-0.1, -0.05) is 24.3 Å². The van der Waals surface area contributed by atoms with E-state index in [4.69, 9.17) is 14.7 Å². The molecule has 0 spiro atoms. The van der Waals surface area contributed by atoms with E-state index in [1.54, 1.807) is 12.0 Å². The van der Waals surface area contributed by atoms with Crippen LogP contribution < -0.4 is 9.80 Å². The van der Waals surface area contributed by atoms with Crippen molar-refractivity contribution < 1.29 is 9.53 Å². The fraction of sp³-hybridized carbons (Fsp3) is 0.286. The number of carbonyl (C=O) groups is 1. The van der Waals surface area contributed by atoms with Gasteiger partial charge >= 0.3 is 0 Å². The van der Waals surface area contributed by atoms with Crippen molar-refractivity contribution in [2.24, 2.45) is 0 Å². The van der Waals surface area contributed by atoms with E-state index in [2.05, 4.69) is 4.90 Å². The summed E-state index contributed by atoms with van der Waals surface area (Å²) in [7, 11) is 3.64. The lowest BCUT2D eigenvalue weighted by Gasteiger charge is -2.23. The second-order valence-corrected chi connectivity index (χ2v) is 6.72. The predicted molar refractivity (Wildman–Crippen MR) is 106 cm³/mol. The van der Waals surface area contributed by atoms with Crippen LogP contribution in [-0.4, -0.2) is 43.1 Å². The van der Waals surface area contributed by atoms with Gasteiger partial charge in [-0.05, 0) is 36.2 Å². The molecule has 2 heterocycles. The number of benzene rings is 2. The quantitative estimate of drug-likeness (QED) is 0.716. The number of fused-ring (bicyclic) bond motifs is 2. The Morgan fingerprint density at radius 1 is 1.04 bits per heavy atom. The summed E-state index contributed by atoms with van der Waals surface area (Å²) in [6, 6.07) is 15.3. The molecule has 6 heteroatoms. The van der Waals surface area contributed by atoms with Gasteiger partial charge in [0.1, 0.15) is 0 Å². The van der Waals surface area contributed by atoms with Crippen molar-refractivity contribution in [3.63, 3.8) is 0 Å². The van der Waals surface area contributed by atoms with Gasteiger partial charge in [0, 0.05) is 32.8 Å². The Bertz CT molecular complexity index is 989. The van der Waals surface area contributed by atoms with Gasteiger partial charge in [-0.15, -0.1) is 0 Å². The molecule has 3 aromatic rings. The minimum atomic E-state index is -0.0610. The molecule has 0 N–H and O–H groups in total. The fourth-order valence-electron chi connectivity index (χ4n) is 3.41. The van der Waals surface area contributed by atoms with Gasteiger partial charge in [-0.3, -0.25) is 9.69 Å². The molecule has 0 saturated heterocycles. The lowest BCUT2D eigenvalue weighted by Crippen LogP contribution is -2.32. The standard InChI is InChI=1S/C21H22N4O2/c1-24-11-6-12-25(21(26)16-8-5-7-15(13-16)14-27-2)20-19(24)22-17-9-3-4-10-18(17)23-20/h3-5,7-10,13H,6,11-12,14H2,1-2H3. The molecule has 1 aromatic heterocycles. The van der Waals surface area contributed by atoms with Gasteiger partial charge < -0.3 is 9.64 Å². The number of hydrogen-bond acceptors (Lipinski definition) is 5. The van der Waals surface area contributed by atoms with Crippen LogP contribution in [0.5, 0.6) is 0 Å². The van der Waals surface area contributed by atoms with Crippen molar-refractivity contribution >= 4 is 28.6 Å². The minimum absolute atomic E-state index is 0.0610. The number of rotatable bonds is 3. The van der Waals surface area contributed by atoms with Crippen LogP contribution in [-0.2, 0) is 11.3 Å². The Labute approximate surface area is 158 Å². The number of ether oxygens (including phenoxy) is 1. The van der Waals surface area contributed by atoms with Crippen LogP contribution in [0.1, 0.15) is 22.3 Å². The van der Waals surface area contributed by atoms with Crippen LogP contribution >= 0.6 is 0 Å². The summed E-state index contributed by atoms with van der Waals surface area (Å²) in [6.07, 6.45) is 0.856. The zero-order chi connectivity index (χ0) is 18.8. The number of aromatic nitrogens is 2. The maximum Gasteiger partial charge on any atom is 0.259 e. The van der Waals surface area contributed by atoms with Gasteiger partial charge in [0.15, 0.2) is 11.6 Å². The molecule has 138 valence electrons. The van der Waals surface area contributed by atoms with Gasteiger partial charge in [0.25, 0.3) is 5.91 Å². The Hall–Kier alpha value is -2.99. The molecule has 0 unspecified atom stereocenters. The summed E-state index contributed by atoms with van der Waals surface area (Å²) < 4.78 is 5.19. The summed E-state index contributed by atoms with van der Waals surface area (Å²) >= 11 is 0. The lowest BCUT2D eigenvalue weighted by atomic mass is 10.1. The van der Waals surface area contributed by atoms with E-state index < -0.39 is 0 Å². The summed E-state index contributed by atoms with van der Waals surface area (Å²) in [5.74, 6) is 1.30. The van der Waals surface area contributed by atoms with E-state index in [1.807, 2.05) is 55.6 Å². The number of methoxy groups -OCH3 is 1. The second-order valence-electron chi connectivity index (χ2n) is 6.72. The molecular weight excluding hydrogens is 340 g/mol. The first-order valence-electron chi connectivity index (χ1n) is 9.05. The van der Waals surface area contributed by atoms with Gasteiger partial charge in [-0.2, -0.15) is 0 Å². The predicted octanol–water partition coefficient (Wildman–Crippen LogP) is 3.26. The number of amides is 1. The Kier molecular flexibility index (Phi) is 4.73. The summed E-state index contributed by atoms with van der Waals surface area (Å²) in [6.45, 7) is 1.91. The van der Waals surface area contributed by atoms with Crippen molar-refractivity contribution in [3.05, 3.63) is 59.7 Å². The van der Waals surface area contributed by atoms with Crippen LogP contribution in [0, 0.1) is 0 Å². The van der Waals surface area contributed by atoms with Crippen LogP contribution in [0.15, 0.2) is 48.5 Å². The lowest BCUT2D eigenvalue weighted by molar-refractivity contribution is 0.0986. The normalized spacial score (nSPS) is 14.1. The fourth-order valence-corrected chi connectivity index (χ4v) is 3.41. The zero-order valence-corrected chi connectivity index (χ0v) is 15.6. The van der Waals surface area contributed by atoms with Crippen LogP contribution in [0.3, 0.4) is 0 Å². The zero-order valence-electron chi connectivity index (χ0n) is 15.6. The largest absolute Gasteiger partial charge is 0.380 e. The number of para-hydroxylation sites is 2. The van der Waals surface area contributed by atoms with Crippen LogP contribution in [0.25, 0.3) is 11.0 Å². The first-order chi connectivity index (χ1) is 13.2. The van der Waals surface area contributed by atoms with Gasteiger partial charge in [-0.25, -0.2) is 9.97 Å². The summed E-state index contributed by atoms with van der Waals surface area (Å²) in [4.78, 5) is 26.7. The Morgan fingerprint density at radius 3 is 2.52 bits per heavy atom. The molecule has 0 atom stereocenters. The molecule has 0 radical (unpaired) electrons. The molecule has 0 bridgehead atoms. The smallest absolute Gasteiger partial charge is 0.259 e. The van der Waals surface area contributed by atoms with Crippen molar-refractivity contribution in [2.45, 2.75) is 13.0 Å². The first kappa shape index (κ1) is 17.4. The average Bonchev–Trinajstić information content (AvgIpc) is 2.85. The van der Waals surface area contributed by atoms with E-state index in [-0.39, 0.29) is 5.91 Å². The highest BCUT2D eigenvalue weighted by Gasteiger charge is 2.27. The molecule has 0 fully saturated rings. The minimum Gasteiger partial charge on any atom is -0.380 e. The third-order valence-corrected chi connectivity index (χ3v) is 4.76.